The van der Waals surface area contributed by atoms with Crippen LogP contribution in [-0.2, 0) is 4.79 Å². The van der Waals surface area contributed by atoms with Gasteiger partial charge in [0.1, 0.15) is 11.6 Å². The van der Waals surface area contributed by atoms with E-state index in [0.717, 1.165) is 5.69 Å². The van der Waals surface area contributed by atoms with Crippen molar-refractivity contribution in [1.82, 2.24) is 4.98 Å². The molecular formula is C20H16Cl2N4O2. The highest BCUT2D eigenvalue weighted by atomic mass is 35.5. The van der Waals surface area contributed by atoms with Crippen LogP contribution in [0.1, 0.15) is 5.56 Å². The van der Waals surface area contributed by atoms with E-state index in [1.165, 1.54) is 18.2 Å². The topological polar surface area (TPSA) is 100 Å². The molecule has 0 aliphatic carbocycles. The summed E-state index contributed by atoms with van der Waals surface area (Å²) in [5.41, 5.74) is 7.98. The van der Waals surface area contributed by atoms with Gasteiger partial charge in [0.15, 0.2) is 0 Å². The summed E-state index contributed by atoms with van der Waals surface area (Å²) >= 11 is 11.9. The highest BCUT2D eigenvalue weighted by Crippen LogP contribution is 2.30. The standard InChI is InChI=1S/C20H16Cl2N4O2/c21-15-10-17(23)18(11-16(15)22)26-19(28)8-3-12-2-1-9-24-20(12)25-13-4-6-14(27)7-5-13/h1-11,27H,23H2,(H,24,25)(H,26,28)/b8-3+. The number of phenolic OH excluding ortho intramolecular Hbond substituents is 1. The second kappa shape index (κ2) is 8.65. The molecule has 0 saturated carbocycles. The summed E-state index contributed by atoms with van der Waals surface area (Å²) in [4.78, 5) is 16.5. The smallest absolute Gasteiger partial charge is 0.248 e. The Morgan fingerprint density at radius 1 is 1.11 bits per heavy atom. The first kappa shape index (κ1) is 19.5. The molecule has 1 aromatic heterocycles. The van der Waals surface area contributed by atoms with Crippen LogP contribution in [0.3, 0.4) is 0 Å². The average molecular weight is 415 g/mol. The van der Waals surface area contributed by atoms with E-state index in [1.54, 1.807) is 42.6 Å². The van der Waals surface area contributed by atoms with E-state index in [4.69, 9.17) is 28.9 Å². The fraction of sp³-hybridized carbons (Fsp3) is 0. The molecule has 0 radical (unpaired) electrons. The van der Waals surface area contributed by atoms with Crippen LogP contribution >= 0.6 is 23.2 Å². The van der Waals surface area contributed by atoms with Gasteiger partial charge in [-0.3, -0.25) is 4.79 Å². The van der Waals surface area contributed by atoms with E-state index in [0.29, 0.717) is 32.8 Å². The predicted octanol–water partition coefficient (Wildman–Crippen LogP) is 5.07. The van der Waals surface area contributed by atoms with E-state index in [-0.39, 0.29) is 11.7 Å². The number of aromatic hydroxyl groups is 1. The van der Waals surface area contributed by atoms with Crippen molar-refractivity contribution in [1.29, 1.82) is 0 Å². The van der Waals surface area contributed by atoms with Gasteiger partial charge in [-0.2, -0.15) is 0 Å². The minimum atomic E-state index is -0.385. The molecule has 0 bridgehead atoms. The number of phenols is 1. The third-order valence-corrected chi connectivity index (χ3v) is 4.46. The molecule has 8 heteroatoms. The zero-order chi connectivity index (χ0) is 20.1. The molecule has 2 aromatic carbocycles. The van der Waals surface area contributed by atoms with Crippen LogP contribution in [0.25, 0.3) is 6.08 Å². The van der Waals surface area contributed by atoms with Crippen LogP contribution in [0.5, 0.6) is 5.75 Å². The monoisotopic (exact) mass is 414 g/mol. The lowest BCUT2D eigenvalue weighted by molar-refractivity contribution is -0.111. The lowest BCUT2D eigenvalue weighted by atomic mass is 10.2. The SMILES string of the molecule is Nc1cc(Cl)c(Cl)cc1NC(=O)/C=C/c1cccnc1Nc1ccc(O)cc1. The first-order valence-corrected chi connectivity index (χ1v) is 8.92. The van der Waals surface area contributed by atoms with E-state index >= 15 is 0 Å². The largest absolute Gasteiger partial charge is 0.508 e. The molecule has 3 aromatic rings. The van der Waals surface area contributed by atoms with Gasteiger partial charge in [-0.1, -0.05) is 23.2 Å². The van der Waals surface area contributed by atoms with Gasteiger partial charge in [0.2, 0.25) is 5.91 Å². The third-order valence-electron chi connectivity index (χ3n) is 3.73. The maximum atomic E-state index is 12.2. The first-order valence-electron chi connectivity index (χ1n) is 8.17. The predicted molar refractivity (Wildman–Crippen MR) is 114 cm³/mol. The number of carbonyl (C=O) groups is 1. The number of benzene rings is 2. The van der Waals surface area contributed by atoms with Crippen molar-refractivity contribution >= 4 is 58.1 Å². The highest BCUT2D eigenvalue weighted by Gasteiger charge is 2.08. The summed E-state index contributed by atoms with van der Waals surface area (Å²) < 4.78 is 0. The minimum Gasteiger partial charge on any atom is -0.508 e. The number of anilines is 4. The quantitative estimate of drug-likeness (QED) is 0.265. The lowest BCUT2D eigenvalue weighted by Gasteiger charge is -2.09. The molecule has 1 heterocycles. The Hall–Kier alpha value is -3.22. The number of aromatic nitrogens is 1. The number of rotatable bonds is 5. The van der Waals surface area contributed by atoms with Crippen molar-refractivity contribution in [3.63, 3.8) is 0 Å². The number of nitrogen functional groups attached to an aromatic ring is 1. The Bertz CT molecular complexity index is 1040. The van der Waals surface area contributed by atoms with Gasteiger partial charge in [0, 0.05) is 23.5 Å². The minimum absolute atomic E-state index is 0.171. The summed E-state index contributed by atoms with van der Waals surface area (Å²) in [6, 6.07) is 13.1. The molecule has 1 amide bonds. The van der Waals surface area contributed by atoms with Gasteiger partial charge in [0.25, 0.3) is 0 Å². The van der Waals surface area contributed by atoms with E-state index < -0.39 is 0 Å². The number of hydrogen-bond acceptors (Lipinski definition) is 5. The highest BCUT2D eigenvalue weighted by molar-refractivity contribution is 6.42. The molecule has 142 valence electrons. The lowest BCUT2D eigenvalue weighted by Crippen LogP contribution is -2.09. The summed E-state index contributed by atoms with van der Waals surface area (Å²) in [5.74, 6) is 0.348. The third kappa shape index (κ3) is 4.94. The Morgan fingerprint density at radius 3 is 2.57 bits per heavy atom. The fourth-order valence-corrected chi connectivity index (χ4v) is 2.68. The Kier molecular flexibility index (Phi) is 6.03. The number of carbonyl (C=O) groups excluding carboxylic acids is 1. The van der Waals surface area contributed by atoms with Crippen LogP contribution in [0.15, 0.2) is 60.8 Å². The molecule has 0 spiro atoms. The molecule has 0 aliphatic heterocycles. The molecule has 0 aliphatic rings. The maximum Gasteiger partial charge on any atom is 0.248 e. The fourth-order valence-electron chi connectivity index (χ4n) is 2.35. The van der Waals surface area contributed by atoms with E-state index in [1.807, 2.05) is 6.07 Å². The molecule has 0 atom stereocenters. The molecule has 6 nitrogen and oxygen atoms in total. The Labute approximate surface area is 171 Å². The van der Waals surface area contributed by atoms with Gasteiger partial charge in [-0.15, -0.1) is 0 Å². The number of halogens is 2. The van der Waals surface area contributed by atoms with Crippen molar-refractivity contribution in [2.24, 2.45) is 0 Å². The van der Waals surface area contributed by atoms with Gasteiger partial charge in [-0.05, 0) is 54.6 Å². The summed E-state index contributed by atoms with van der Waals surface area (Å²) in [5, 5.41) is 15.8. The Balaban J connectivity index is 1.74. The van der Waals surface area contributed by atoms with Crippen molar-refractivity contribution < 1.29 is 9.90 Å². The van der Waals surface area contributed by atoms with Crippen molar-refractivity contribution in [2.45, 2.75) is 0 Å². The van der Waals surface area contributed by atoms with E-state index in [2.05, 4.69) is 15.6 Å². The molecule has 0 fully saturated rings. The normalized spacial score (nSPS) is 10.8. The van der Waals surface area contributed by atoms with Crippen molar-refractivity contribution in [2.75, 3.05) is 16.4 Å². The summed E-state index contributed by atoms with van der Waals surface area (Å²) in [7, 11) is 0. The second-order valence-electron chi connectivity index (χ2n) is 5.79. The second-order valence-corrected chi connectivity index (χ2v) is 6.60. The molecule has 3 rings (SSSR count). The molecule has 0 saturated heterocycles. The van der Waals surface area contributed by atoms with Crippen molar-refractivity contribution in [3.8, 4) is 5.75 Å². The number of hydrogen-bond donors (Lipinski definition) is 4. The number of nitrogens with two attached hydrogens (primary N) is 1. The number of nitrogens with one attached hydrogen (secondary N) is 2. The van der Waals surface area contributed by atoms with Crippen LogP contribution in [-0.4, -0.2) is 16.0 Å². The first-order chi connectivity index (χ1) is 13.4. The van der Waals surface area contributed by atoms with Gasteiger partial charge >= 0.3 is 0 Å². The molecule has 0 unspecified atom stereocenters. The van der Waals surface area contributed by atoms with Crippen LogP contribution in [0.2, 0.25) is 10.0 Å². The van der Waals surface area contributed by atoms with E-state index in [9.17, 15) is 9.90 Å². The number of nitrogens with zero attached hydrogens (tertiary/aromatic N) is 1. The number of pyridine rings is 1. The molecule has 5 N–H and O–H groups in total. The van der Waals surface area contributed by atoms with Crippen LogP contribution in [0.4, 0.5) is 22.9 Å². The summed E-state index contributed by atoms with van der Waals surface area (Å²) in [6.45, 7) is 0. The zero-order valence-electron chi connectivity index (χ0n) is 14.5. The van der Waals surface area contributed by atoms with Gasteiger partial charge in [-0.25, -0.2) is 4.98 Å². The van der Waals surface area contributed by atoms with Crippen LogP contribution < -0.4 is 16.4 Å². The van der Waals surface area contributed by atoms with Gasteiger partial charge in [0.05, 0.1) is 21.4 Å². The zero-order valence-corrected chi connectivity index (χ0v) is 16.0. The van der Waals surface area contributed by atoms with Crippen molar-refractivity contribution in [3.05, 3.63) is 76.4 Å². The van der Waals surface area contributed by atoms with Gasteiger partial charge < -0.3 is 21.5 Å². The molecular weight excluding hydrogens is 399 g/mol. The Morgan fingerprint density at radius 2 is 1.82 bits per heavy atom. The average Bonchev–Trinajstić information content (AvgIpc) is 2.67. The number of amides is 1. The van der Waals surface area contributed by atoms with Crippen LogP contribution in [0, 0.1) is 0 Å². The summed E-state index contributed by atoms with van der Waals surface area (Å²) in [6.07, 6.45) is 4.62. The molecule has 28 heavy (non-hydrogen) atoms. The maximum absolute atomic E-state index is 12.2.